The number of unbranched alkanes of at least 4 members (excludes halogenated alkanes) is 5. The Labute approximate surface area is 236 Å². The van der Waals surface area contributed by atoms with Crippen LogP contribution in [0.15, 0.2) is 61.2 Å². The molecular formula is C35H40F4O. The van der Waals surface area contributed by atoms with E-state index in [1.165, 1.54) is 19.3 Å². The zero-order valence-corrected chi connectivity index (χ0v) is 23.5. The summed E-state index contributed by atoms with van der Waals surface area (Å²) in [5.41, 5.74) is 1.93. The Kier molecular flexibility index (Phi) is 11.0. The van der Waals surface area contributed by atoms with E-state index in [0.29, 0.717) is 35.3 Å². The molecule has 0 aromatic heterocycles. The van der Waals surface area contributed by atoms with E-state index < -0.39 is 23.3 Å². The van der Waals surface area contributed by atoms with Gasteiger partial charge in [-0.15, -0.1) is 6.58 Å². The second-order valence-corrected chi connectivity index (χ2v) is 10.9. The largest absolute Gasteiger partial charge is 0.378 e. The second kappa shape index (κ2) is 14.6. The molecule has 0 amide bonds. The second-order valence-electron chi connectivity index (χ2n) is 10.9. The molecule has 0 saturated carbocycles. The highest BCUT2D eigenvalue weighted by Gasteiger charge is 2.27. The van der Waals surface area contributed by atoms with Crippen molar-refractivity contribution in [3.8, 4) is 22.3 Å². The van der Waals surface area contributed by atoms with Crippen molar-refractivity contribution >= 4 is 0 Å². The summed E-state index contributed by atoms with van der Waals surface area (Å²) in [7, 11) is 0. The number of allylic oxidation sites excluding steroid dienone is 1. The van der Waals surface area contributed by atoms with E-state index in [2.05, 4.69) is 13.5 Å². The maximum Gasteiger partial charge on any atom is 0.166 e. The Morgan fingerprint density at radius 2 is 1.43 bits per heavy atom. The molecule has 3 aromatic rings. The average Bonchev–Trinajstić information content (AvgIpc) is 2.98. The van der Waals surface area contributed by atoms with Crippen LogP contribution < -0.4 is 0 Å². The first-order chi connectivity index (χ1) is 19.4. The van der Waals surface area contributed by atoms with Crippen molar-refractivity contribution in [1.82, 2.24) is 0 Å². The molecule has 1 nitrogen and oxygen atoms in total. The van der Waals surface area contributed by atoms with Gasteiger partial charge in [0.1, 0.15) is 0 Å². The maximum absolute atomic E-state index is 15.2. The van der Waals surface area contributed by atoms with E-state index in [9.17, 15) is 8.78 Å². The van der Waals surface area contributed by atoms with Crippen LogP contribution in [0.25, 0.3) is 22.3 Å². The lowest BCUT2D eigenvalue weighted by atomic mass is 9.88. The van der Waals surface area contributed by atoms with Crippen molar-refractivity contribution in [3.05, 3.63) is 95.6 Å². The molecule has 2 atom stereocenters. The summed E-state index contributed by atoms with van der Waals surface area (Å²) in [6.45, 7) is 6.26. The predicted molar refractivity (Wildman–Crippen MR) is 155 cm³/mol. The minimum absolute atomic E-state index is 0.139. The first-order valence-electron chi connectivity index (χ1n) is 14.7. The van der Waals surface area contributed by atoms with Gasteiger partial charge in [0.05, 0.1) is 12.7 Å². The molecule has 1 fully saturated rings. The number of benzene rings is 3. The van der Waals surface area contributed by atoms with Gasteiger partial charge in [-0.05, 0) is 67.2 Å². The molecule has 0 aliphatic carbocycles. The number of rotatable bonds is 13. The molecule has 0 radical (unpaired) electrons. The molecule has 4 rings (SSSR count). The van der Waals surface area contributed by atoms with Gasteiger partial charge in [0.15, 0.2) is 23.3 Å². The Balaban J connectivity index is 1.43. The van der Waals surface area contributed by atoms with Crippen LogP contribution in [0.3, 0.4) is 0 Å². The number of halogens is 4. The van der Waals surface area contributed by atoms with Gasteiger partial charge < -0.3 is 4.74 Å². The first kappa shape index (κ1) is 30.0. The molecule has 3 aromatic carbocycles. The maximum atomic E-state index is 15.2. The zero-order valence-electron chi connectivity index (χ0n) is 23.5. The fourth-order valence-corrected chi connectivity index (χ4v) is 5.62. The molecule has 1 heterocycles. The van der Waals surface area contributed by atoms with Crippen molar-refractivity contribution in [2.45, 2.75) is 89.6 Å². The van der Waals surface area contributed by atoms with Gasteiger partial charge in [0.2, 0.25) is 0 Å². The number of hydrogen-bond acceptors (Lipinski definition) is 1. The fourth-order valence-electron chi connectivity index (χ4n) is 5.62. The highest BCUT2D eigenvalue weighted by molar-refractivity contribution is 5.71. The van der Waals surface area contributed by atoms with Gasteiger partial charge >= 0.3 is 0 Å². The van der Waals surface area contributed by atoms with Crippen LogP contribution in [-0.4, -0.2) is 12.7 Å². The summed E-state index contributed by atoms with van der Waals surface area (Å²) in [4.78, 5) is 0. The molecular weight excluding hydrogens is 512 g/mol. The molecule has 0 N–H and O–H groups in total. The van der Waals surface area contributed by atoms with Crippen molar-refractivity contribution in [1.29, 1.82) is 0 Å². The average molecular weight is 553 g/mol. The van der Waals surface area contributed by atoms with Crippen LogP contribution in [0.4, 0.5) is 17.6 Å². The standard InChI is InChI=1S/C35H40F4O/c1-3-5-7-9-11-26-18-20-29(33(37)32(26)36)24-13-15-25(16-14-24)30-21-22-31(35(39)34(30)38)27-17-19-28(40-23-27)12-10-8-6-4-2/h3,13-16,18,20-22,27-28H,1,4-12,17,19,23H2,2H3. The van der Waals surface area contributed by atoms with Gasteiger partial charge in [0.25, 0.3) is 0 Å². The summed E-state index contributed by atoms with van der Waals surface area (Å²) in [5.74, 6) is -3.63. The fraction of sp³-hybridized carbons (Fsp3) is 0.429. The molecule has 5 heteroatoms. The summed E-state index contributed by atoms with van der Waals surface area (Å²) in [6, 6.07) is 12.9. The van der Waals surface area contributed by atoms with Crippen LogP contribution >= 0.6 is 0 Å². The quantitative estimate of drug-likeness (QED) is 0.116. The van der Waals surface area contributed by atoms with E-state index in [0.717, 1.165) is 44.9 Å². The van der Waals surface area contributed by atoms with Gasteiger partial charge in [-0.2, -0.15) is 0 Å². The lowest BCUT2D eigenvalue weighted by molar-refractivity contribution is -0.00282. The van der Waals surface area contributed by atoms with Crippen molar-refractivity contribution in [3.63, 3.8) is 0 Å². The molecule has 0 bridgehead atoms. The molecule has 2 unspecified atom stereocenters. The highest BCUT2D eigenvalue weighted by atomic mass is 19.2. The molecule has 1 aliphatic rings. The van der Waals surface area contributed by atoms with Gasteiger partial charge in [-0.3, -0.25) is 0 Å². The van der Waals surface area contributed by atoms with Crippen LogP contribution in [-0.2, 0) is 11.2 Å². The third-order valence-electron chi connectivity index (χ3n) is 8.08. The van der Waals surface area contributed by atoms with Gasteiger partial charge in [0, 0.05) is 17.0 Å². The molecule has 0 spiro atoms. The minimum atomic E-state index is -0.898. The van der Waals surface area contributed by atoms with E-state index in [1.54, 1.807) is 48.5 Å². The topological polar surface area (TPSA) is 9.23 Å². The third-order valence-corrected chi connectivity index (χ3v) is 8.08. The van der Waals surface area contributed by atoms with Gasteiger partial charge in [-0.1, -0.05) is 87.2 Å². The minimum Gasteiger partial charge on any atom is -0.378 e. The monoisotopic (exact) mass is 552 g/mol. The third kappa shape index (κ3) is 7.23. The molecule has 214 valence electrons. The smallest absolute Gasteiger partial charge is 0.166 e. The summed E-state index contributed by atoms with van der Waals surface area (Å²) in [5, 5.41) is 0. The predicted octanol–water partition coefficient (Wildman–Crippen LogP) is 10.7. The summed E-state index contributed by atoms with van der Waals surface area (Å²) in [6.07, 6.45) is 12.4. The normalized spacial score (nSPS) is 17.2. The van der Waals surface area contributed by atoms with Crippen LogP contribution in [0.1, 0.15) is 88.2 Å². The number of ether oxygens (including phenoxy) is 1. The van der Waals surface area contributed by atoms with E-state index >= 15 is 8.78 Å². The SMILES string of the molecule is C=CCCCCc1ccc(-c2ccc(-c3ccc(C4CCC(CCCCCC)OC4)c(F)c3F)cc2)c(F)c1F. The van der Waals surface area contributed by atoms with Gasteiger partial charge in [-0.25, -0.2) is 17.6 Å². The summed E-state index contributed by atoms with van der Waals surface area (Å²) >= 11 is 0. The Bertz CT molecular complexity index is 1260. The number of aryl methyl sites for hydroxylation is 1. The Morgan fingerprint density at radius 3 is 2.05 bits per heavy atom. The Hall–Kier alpha value is -2.92. The lowest BCUT2D eigenvalue weighted by Crippen LogP contribution is -2.25. The van der Waals surface area contributed by atoms with Crippen LogP contribution in [0.2, 0.25) is 0 Å². The van der Waals surface area contributed by atoms with Crippen molar-refractivity contribution in [2.75, 3.05) is 6.61 Å². The highest BCUT2D eigenvalue weighted by Crippen LogP contribution is 2.36. The zero-order chi connectivity index (χ0) is 28.5. The lowest BCUT2D eigenvalue weighted by Gasteiger charge is -2.30. The van der Waals surface area contributed by atoms with Crippen LogP contribution in [0, 0.1) is 23.3 Å². The summed E-state index contributed by atoms with van der Waals surface area (Å²) < 4.78 is 66.0. The van der Waals surface area contributed by atoms with Crippen molar-refractivity contribution in [2.24, 2.45) is 0 Å². The van der Waals surface area contributed by atoms with Crippen LogP contribution in [0.5, 0.6) is 0 Å². The Morgan fingerprint density at radius 1 is 0.750 bits per heavy atom. The van der Waals surface area contributed by atoms with Crippen molar-refractivity contribution < 1.29 is 22.3 Å². The van der Waals surface area contributed by atoms with E-state index in [-0.39, 0.29) is 23.1 Å². The molecule has 1 aliphatic heterocycles. The molecule has 1 saturated heterocycles. The molecule has 40 heavy (non-hydrogen) atoms. The van der Waals surface area contributed by atoms with E-state index in [4.69, 9.17) is 4.74 Å². The number of hydrogen-bond donors (Lipinski definition) is 0. The first-order valence-corrected chi connectivity index (χ1v) is 14.7. The van der Waals surface area contributed by atoms with E-state index in [1.807, 2.05) is 6.08 Å².